The summed E-state index contributed by atoms with van der Waals surface area (Å²) in [6.45, 7) is 12.0. The van der Waals surface area contributed by atoms with E-state index in [9.17, 15) is 24.4 Å². The first-order chi connectivity index (χ1) is 21.8. The van der Waals surface area contributed by atoms with Crippen LogP contribution < -0.4 is 10.6 Å². The third-order valence-electron chi connectivity index (χ3n) is 6.79. The quantitative estimate of drug-likeness (QED) is 0.202. The number of rotatable bonds is 10. The number of carbonyl (C=O) groups excluding carboxylic acids is 3. The number of nitrogens with zero attached hydrogens (tertiary/aromatic N) is 1. The first kappa shape index (κ1) is 39.6. The van der Waals surface area contributed by atoms with Crippen molar-refractivity contribution >= 4 is 37.1 Å². The molecule has 3 unspecified atom stereocenters. The minimum Gasteiger partial charge on any atom is -0.394 e. The highest BCUT2D eigenvalue weighted by atomic mass is 31.2. The highest BCUT2D eigenvalue weighted by molar-refractivity contribution is 7.40. The Bertz CT molecular complexity index is 1340. The topological polar surface area (TPSA) is 137 Å². The third kappa shape index (κ3) is 11.2. The molecule has 4 N–H and O–H groups in total. The van der Waals surface area contributed by atoms with E-state index in [-0.39, 0.29) is 18.6 Å². The van der Waals surface area contributed by atoms with E-state index in [0.717, 1.165) is 28.3 Å². The molecule has 3 atom stereocenters. The Labute approximate surface area is 269 Å². The molecule has 248 valence electrons. The first-order valence-corrected chi connectivity index (χ1v) is 16.7. The number of likely N-dealkylation sites (tertiary alicyclic amines) is 1. The van der Waals surface area contributed by atoms with Gasteiger partial charge in [0.1, 0.15) is 6.04 Å². The van der Waals surface area contributed by atoms with Crippen molar-refractivity contribution < 1.29 is 33.4 Å². The van der Waals surface area contributed by atoms with Crippen molar-refractivity contribution in [1.29, 1.82) is 0 Å². The lowest BCUT2D eigenvalue weighted by atomic mass is 9.99. The maximum atomic E-state index is 13.1. The minimum absolute atomic E-state index is 0.110. The highest BCUT2D eigenvalue weighted by Crippen LogP contribution is 2.33. The molecule has 45 heavy (non-hydrogen) atoms. The maximum Gasteiger partial charge on any atom is 0.329 e. The van der Waals surface area contributed by atoms with Crippen molar-refractivity contribution in [3.05, 3.63) is 71.8 Å². The molecule has 0 bridgehead atoms. The van der Waals surface area contributed by atoms with Gasteiger partial charge >= 0.3 is 8.60 Å². The van der Waals surface area contributed by atoms with Crippen LogP contribution in [0.4, 0.5) is 0 Å². The summed E-state index contributed by atoms with van der Waals surface area (Å²) < 4.78 is 9.98. The number of aliphatic hydroxyl groups excluding tert-OH is 1. The number of hydrogen-bond acceptors (Lipinski definition) is 7. The first-order valence-electron chi connectivity index (χ1n) is 15.6. The zero-order chi connectivity index (χ0) is 33.9. The molecule has 3 amide bonds. The number of benzene rings is 3. The second-order valence-electron chi connectivity index (χ2n) is 9.19. The Morgan fingerprint density at radius 3 is 2.07 bits per heavy atom. The minimum atomic E-state index is -2.00. The Hall–Kier alpha value is -3.40. The second kappa shape index (κ2) is 21.4. The molecule has 1 saturated heterocycles. The van der Waals surface area contributed by atoms with E-state index in [2.05, 4.69) is 10.6 Å². The number of fused-ring (bicyclic) bond motifs is 1. The average molecular weight is 644 g/mol. The van der Waals surface area contributed by atoms with Gasteiger partial charge in [-0.25, -0.2) is 0 Å². The summed E-state index contributed by atoms with van der Waals surface area (Å²) in [6.07, 6.45) is 1.45. The van der Waals surface area contributed by atoms with Crippen molar-refractivity contribution in [2.45, 2.75) is 66.5 Å². The predicted molar refractivity (Wildman–Crippen MR) is 182 cm³/mol. The second-order valence-corrected chi connectivity index (χ2v) is 10.3. The molecule has 10 nitrogen and oxygen atoms in total. The zero-order valence-corrected chi connectivity index (χ0v) is 28.7. The molecule has 11 heteroatoms. The smallest absolute Gasteiger partial charge is 0.329 e. The Morgan fingerprint density at radius 2 is 1.47 bits per heavy atom. The van der Waals surface area contributed by atoms with Gasteiger partial charge in [-0.15, -0.1) is 0 Å². The van der Waals surface area contributed by atoms with Crippen LogP contribution in [0.5, 0.6) is 0 Å². The molecule has 0 aliphatic carbocycles. The summed E-state index contributed by atoms with van der Waals surface area (Å²) in [5, 5.41) is 17.0. The molecule has 1 fully saturated rings. The summed E-state index contributed by atoms with van der Waals surface area (Å²) in [5.41, 5.74) is 2.80. The molecule has 1 aliphatic heterocycles. The van der Waals surface area contributed by atoms with E-state index >= 15 is 0 Å². The van der Waals surface area contributed by atoms with E-state index < -0.39 is 33.1 Å². The van der Waals surface area contributed by atoms with Gasteiger partial charge < -0.3 is 34.6 Å². The Balaban J connectivity index is 0.00000159. The van der Waals surface area contributed by atoms with Crippen molar-refractivity contribution in [2.24, 2.45) is 0 Å². The number of hydrogen-bond donors (Lipinski definition) is 4. The Kier molecular flexibility index (Phi) is 18.8. The molecular formula is C34H50N3O7P. The van der Waals surface area contributed by atoms with Crippen LogP contribution in [0.1, 0.15) is 75.1 Å². The van der Waals surface area contributed by atoms with Gasteiger partial charge in [-0.05, 0) is 65.1 Å². The van der Waals surface area contributed by atoms with Crippen LogP contribution in [-0.4, -0.2) is 78.6 Å². The van der Waals surface area contributed by atoms with E-state index in [4.69, 9.17) is 9.05 Å². The summed E-state index contributed by atoms with van der Waals surface area (Å²) >= 11 is 0. The van der Waals surface area contributed by atoms with Crippen molar-refractivity contribution in [1.82, 2.24) is 15.5 Å². The van der Waals surface area contributed by atoms with E-state index in [1.165, 1.54) is 7.11 Å². The van der Waals surface area contributed by atoms with Gasteiger partial charge in [0.05, 0.1) is 19.3 Å². The van der Waals surface area contributed by atoms with Crippen molar-refractivity contribution in [2.75, 3.05) is 33.9 Å². The van der Waals surface area contributed by atoms with Crippen LogP contribution in [-0.2, 0) is 13.8 Å². The molecule has 1 heterocycles. The van der Waals surface area contributed by atoms with Gasteiger partial charge in [0.2, 0.25) is 5.91 Å². The fourth-order valence-electron chi connectivity index (χ4n) is 4.65. The van der Waals surface area contributed by atoms with E-state index in [0.29, 0.717) is 24.1 Å². The number of nitrogens with one attached hydrogen (secondary N) is 2. The van der Waals surface area contributed by atoms with Crippen LogP contribution in [0.15, 0.2) is 60.7 Å². The van der Waals surface area contributed by atoms with Crippen LogP contribution in [0, 0.1) is 0 Å². The van der Waals surface area contributed by atoms with Crippen LogP contribution >= 0.6 is 8.60 Å². The summed E-state index contributed by atoms with van der Waals surface area (Å²) in [7, 11) is 0.928. The van der Waals surface area contributed by atoms with Crippen LogP contribution in [0.3, 0.4) is 0 Å². The molecule has 1 aliphatic rings. The highest BCUT2D eigenvalue weighted by Gasteiger charge is 2.34. The molecule has 0 saturated carbocycles. The summed E-state index contributed by atoms with van der Waals surface area (Å²) in [4.78, 5) is 49.0. The lowest BCUT2D eigenvalue weighted by Gasteiger charge is -2.28. The van der Waals surface area contributed by atoms with Gasteiger partial charge in [0.15, 0.2) is 0 Å². The van der Waals surface area contributed by atoms with E-state index in [1.807, 2.05) is 84.0 Å². The molecule has 0 radical (unpaired) electrons. The molecular weight excluding hydrogens is 593 g/mol. The maximum absolute atomic E-state index is 13.1. The molecule has 3 aromatic rings. The zero-order valence-electron chi connectivity index (χ0n) is 27.8. The van der Waals surface area contributed by atoms with Crippen LogP contribution in [0.2, 0.25) is 0 Å². The van der Waals surface area contributed by atoms with Gasteiger partial charge in [0, 0.05) is 31.8 Å². The fraction of sp³-hybridized carbons (Fsp3) is 0.441. The van der Waals surface area contributed by atoms with Crippen LogP contribution in [0.25, 0.3) is 21.9 Å². The third-order valence-corrected chi connectivity index (χ3v) is 7.47. The molecule has 0 aromatic heterocycles. The molecule has 4 rings (SSSR count). The summed E-state index contributed by atoms with van der Waals surface area (Å²) in [6, 6.07) is 17.0. The van der Waals surface area contributed by atoms with Crippen molar-refractivity contribution in [3.8, 4) is 11.1 Å². The van der Waals surface area contributed by atoms with E-state index in [1.54, 1.807) is 30.1 Å². The molecule has 3 aromatic carbocycles. The Morgan fingerprint density at radius 1 is 0.889 bits per heavy atom. The van der Waals surface area contributed by atoms with Gasteiger partial charge in [-0.1, -0.05) is 71.9 Å². The van der Waals surface area contributed by atoms with Crippen molar-refractivity contribution in [3.63, 3.8) is 0 Å². The molecule has 0 spiro atoms. The largest absolute Gasteiger partial charge is 0.394 e. The van der Waals surface area contributed by atoms with Gasteiger partial charge in [-0.2, -0.15) is 0 Å². The van der Waals surface area contributed by atoms with Gasteiger partial charge in [0.25, 0.3) is 11.8 Å². The van der Waals surface area contributed by atoms with Gasteiger partial charge in [-0.3, -0.25) is 14.4 Å². The number of carbonyl (C=O) groups is 3. The predicted octanol–water partition coefficient (Wildman–Crippen LogP) is 5.91. The lowest BCUT2D eigenvalue weighted by molar-refractivity contribution is -0.135. The SMILES string of the molecule is CC.CC.CC.CNC(=O)c1ccc2cc(-c3ccc(C(=O)NC(CO)C(=O)N4CCCC4COP(O)OC)cc3)ccc2c1. The lowest BCUT2D eigenvalue weighted by Crippen LogP contribution is -2.52. The monoisotopic (exact) mass is 643 g/mol. The summed E-state index contributed by atoms with van der Waals surface area (Å²) in [5.74, 6) is -1.01. The fourth-order valence-corrected chi connectivity index (χ4v) is 5.06. The number of amides is 3. The number of aliphatic hydroxyl groups is 1. The normalized spacial score (nSPS) is 14.8. The average Bonchev–Trinajstić information content (AvgIpc) is 3.59. The standard InChI is InChI=1S/C28H32N3O7P.3C2H6/c1-29-26(33)23-12-11-21-14-20(9-10-22(21)15-23)18-5-7-19(8-6-18)27(34)30-25(16-32)28(35)31-13-3-4-24(31)17-38-39(36)37-2;3*1-2/h5-12,14-15,24-25,32,36H,3-4,13,16-17H2,1-2H3,(H,29,33)(H,30,34);3*1-2H3.